The number of thioether (sulfide) groups is 1. The number of anilines is 1. The first-order valence-electron chi connectivity index (χ1n) is 5.40. The minimum absolute atomic E-state index is 0.217. The molecule has 0 aliphatic carbocycles. The minimum Gasteiger partial charge on any atom is -0.398 e. The predicted octanol–water partition coefficient (Wildman–Crippen LogP) is 1.88. The molecule has 0 bridgehead atoms. The van der Waals surface area contributed by atoms with Crippen molar-refractivity contribution in [2.24, 2.45) is 0 Å². The first-order valence-corrected chi connectivity index (χ1v) is 7.59. The summed E-state index contributed by atoms with van der Waals surface area (Å²) in [6.45, 7) is 1.91. The summed E-state index contributed by atoms with van der Waals surface area (Å²) in [6.07, 6.45) is 1.91. The number of nitrogen functional groups attached to an aromatic ring is 1. The second-order valence-electron chi connectivity index (χ2n) is 4.35. The van der Waals surface area contributed by atoms with Gasteiger partial charge in [0.05, 0.1) is 5.60 Å². The molecule has 6 heteroatoms. The zero-order valence-corrected chi connectivity index (χ0v) is 12.8. The zero-order valence-electron chi connectivity index (χ0n) is 10.4. The largest absolute Gasteiger partial charge is 0.398 e. The van der Waals surface area contributed by atoms with E-state index in [-0.39, 0.29) is 12.5 Å². The number of halogens is 1. The van der Waals surface area contributed by atoms with Gasteiger partial charge in [-0.2, -0.15) is 11.8 Å². The number of nitrogens with two attached hydrogens (primary N) is 1. The molecule has 0 heterocycles. The standard InChI is InChI=1S/C12H17BrN2O2S/c1-12(17,7-18-2)6-15-11(16)8-3-4-10(14)9(13)5-8/h3-5,17H,6-7,14H2,1-2H3,(H,15,16). The van der Waals surface area contributed by atoms with Gasteiger partial charge in [-0.3, -0.25) is 4.79 Å². The van der Waals surface area contributed by atoms with Crippen LogP contribution in [0, 0.1) is 0 Å². The van der Waals surface area contributed by atoms with Crippen molar-refractivity contribution < 1.29 is 9.90 Å². The molecule has 0 fully saturated rings. The van der Waals surface area contributed by atoms with E-state index in [1.165, 1.54) is 11.8 Å². The van der Waals surface area contributed by atoms with Crippen molar-refractivity contribution in [2.75, 3.05) is 24.3 Å². The van der Waals surface area contributed by atoms with Gasteiger partial charge < -0.3 is 16.2 Å². The van der Waals surface area contributed by atoms with Crippen molar-refractivity contribution >= 4 is 39.3 Å². The number of benzene rings is 1. The number of carbonyl (C=O) groups is 1. The number of aliphatic hydroxyl groups is 1. The molecular formula is C12H17BrN2O2S. The Hall–Kier alpha value is -0.720. The van der Waals surface area contributed by atoms with Gasteiger partial charge in [-0.1, -0.05) is 0 Å². The molecule has 1 aromatic rings. The van der Waals surface area contributed by atoms with Gasteiger partial charge >= 0.3 is 0 Å². The fourth-order valence-corrected chi connectivity index (χ4v) is 2.51. The first kappa shape index (κ1) is 15.3. The summed E-state index contributed by atoms with van der Waals surface area (Å²) < 4.78 is 0.686. The van der Waals surface area contributed by atoms with Crippen molar-refractivity contribution in [3.05, 3.63) is 28.2 Å². The molecule has 1 amide bonds. The number of carbonyl (C=O) groups excluding carboxylic acids is 1. The molecule has 1 aromatic carbocycles. The zero-order chi connectivity index (χ0) is 13.8. The van der Waals surface area contributed by atoms with E-state index in [9.17, 15) is 9.90 Å². The van der Waals surface area contributed by atoms with Crippen LogP contribution in [-0.4, -0.2) is 35.2 Å². The molecule has 0 saturated heterocycles. The van der Waals surface area contributed by atoms with Crippen LogP contribution in [-0.2, 0) is 0 Å². The van der Waals surface area contributed by atoms with E-state index in [0.29, 0.717) is 21.5 Å². The molecule has 18 heavy (non-hydrogen) atoms. The maximum atomic E-state index is 11.9. The van der Waals surface area contributed by atoms with Crippen molar-refractivity contribution in [3.8, 4) is 0 Å². The monoisotopic (exact) mass is 332 g/mol. The second kappa shape index (κ2) is 6.45. The maximum absolute atomic E-state index is 11.9. The van der Waals surface area contributed by atoms with Gasteiger partial charge in [-0.05, 0) is 47.3 Å². The predicted molar refractivity (Wildman–Crippen MR) is 79.9 cm³/mol. The van der Waals surface area contributed by atoms with Crippen LogP contribution in [0.2, 0.25) is 0 Å². The number of hydrogen-bond acceptors (Lipinski definition) is 4. The molecule has 1 unspecified atom stereocenters. The van der Waals surface area contributed by atoms with E-state index < -0.39 is 5.60 Å². The van der Waals surface area contributed by atoms with E-state index in [1.807, 2.05) is 6.26 Å². The molecule has 4 N–H and O–H groups in total. The molecule has 1 atom stereocenters. The topological polar surface area (TPSA) is 75.3 Å². The molecule has 1 rings (SSSR count). The minimum atomic E-state index is -0.903. The van der Waals surface area contributed by atoms with Gasteiger partial charge in [0.1, 0.15) is 0 Å². The highest BCUT2D eigenvalue weighted by molar-refractivity contribution is 9.10. The van der Waals surface area contributed by atoms with E-state index in [2.05, 4.69) is 21.2 Å². The van der Waals surface area contributed by atoms with Crippen LogP contribution in [0.1, 0.15) is 17.3 Å². The molecular weight excluding hydrogens is 316 g/mol. The van der Waals surface area contributed by atoms with E-state index >= 15 is 0 Å². The van der Waals surface area contributed by atoms with Crippen molar-refractivity contribution in [3.63, 3.8) is 0 Å². The summed E-state index contributed by atoms with van der Waals surface area (Å²) in [6, 6.07) is 4.98. The van der Waals surface area contributed by atoms with Gasteiger partial charge in [-0.25, -0.2) is 0 Å². The Kier molecular flexibility index (Phi) is 5.49. The van der Waals surface area contributed by atoms with Gasteiger partial charge in [0, 0.05) is 28.0 Å². The van der Waals surface area contributed by atoms with Crippen LogP contribution in [0.4, 0.5) is 5.69 Å². The molecule has 0 aliphatic rings. The summed E-state index contributed by atoms with van der Waals surface area (Å²) >= 11 is 4.81. The summed E-state index contributed by atoms with van der Waals surface area (Å²) in [5.41, 5.74) is 5.84. The highest BCUT2D eigenvalue weighted by Crippen LogP contribution is 2.20. The van der Waals surface area contributed by atoms with Gasteiger partial charge in [0.15, 0.2) is 0 Å². The van der Waals surface area contributed by atoms with Crippen LogP contribution in [0.5, 0.6) is 0 Å². The summed E-state index contributed by atoms with van der Waals surface area (Å²) in [7, 11) is 0. The maximum Gasteiger partial charge on any atom is 0.251 e. The Morgan fingerprint density at radius 3 is 2.83 bits per heavy atom. The van der Waals surface area contributed by atoms with Crippen LogP contribution in [0.3, 0.4) is 0 Å². The lowest BCUT2D eigenvalue weighted by Crippen LogP contribution is -2.42. The van der Waals surface area contributed by atoms with Crippen LogP contribution >= 0.6 is 27.7 Å². The van der Waals surface area contributed by atoms with Gasteiger partial charge in [0.25, 0.3) is 5.91 Å². The Bertz CT molecular complexity index is 438. The third-order valence-electron chi connectivity index (χ3n) is 2.35. The van der Waals surface area contributed by atoms with Crippen LogP contribution < -0.4 is 11.1 Å². The molecule has 0 spiro atoms. The van der Waals surface area contributed by atoms with Crippen molar-refractivity contribution in [1.82, 2.24) is 5.32 Å². The smallest absolute Gasteiger partial charge is 0.251 e. The second-order valence-corrected chi connectivity index (χ2v) is 6.07. The van der Waals surface area contributed by atoms with Crippen LogP contribution in [0.15, 0.2) is 22.7 Å². The quantitative estimate of drug-likeness (QED) is 0.719. The average Bonchev–Trinajstić information content (AvgIpc) is 2.30. The Labute approximate surface area is 119 Å². The number of hydrogen-bond donors (Lipinski definition) is 3. The lowest BCUT2D eigenvalue weighted by atomic mass is 10.1. The normalized spacial score (nSPS) is 14.0. The fraction of sp³-hybridized carbons (Fsp3) is 0.417. The molecule has 0 aliphatic heterocycles. The molecule has 0 aromatic heterocycles. The van der Waals surface area contributed by atoms with E-state index in [4.69, 9.17) is 5.73 Å². The van der Waals surface area contributed by atoms with E-state index in [1.54, 1.807) is 25.1 Å². The summed E-state index contributed by atoms with van der Waals surface area (Å²) in [4.78, 5) is 11.9. The molecule has 0 saturated carbocycles. The van der Waals surface area contributed by atoms with Gasteiger partial charge in [-0.15, -0.1) is 0 Å². The summed E-state index contributed by atoms with van der Waals surface area (Å²) in [5, 5.41) is 12.7. The third-order valence-corrected chi connectivity index (χ3v) is 3.95. The fourth-order valence-electron chi connectivity index (χ4n) is 1.40. The highest BCUT2D eigenvalue weighted by atomic mass is 79.9. The van der Waals surface area contributed by atoms with Crippen LogP contribution in [0.25, 0.3) is 0 Å². The molecule has 4 nitrogen and oxygen atoms in total. The van der Waals surface area contributed by atoms with E-state index in [0.717, 1.165) is 0 Å². The molecule has 100 valence electrons. The average molecular weight is 333 g/mol. The summed E-state index contributed by atoms with van der Waals surface area (Å²) in [5.74, 6) is 0.343. The number of amides is 1. The third kappa shape index (κ3) is 4.51. The number of rotatable bonds is 5. The Morgan fingerprint density at radius 1 is 1.61 bits per heavy atom. The van der Waals surface area contributed by atoms with Crippen molar-refractivity contribution in [1.29, 1.82) is 0 Å². The first-order chi connectivity index (χ1) is 8.35. The van der Waals surface area contributed by atoms with Gasteiger partial charge in [0.2, 0.25) is 0 Å². The highest BCUT2D eigenvalue weighted by Gasteiger charge is 2.20. The van der Waals surface area contributed by atoms with Crippen molar-refractivity contribution in [2.45, 2.75) is 12.5 Å². The lowest BCUT2D eigenvalue weighted by Gasteiger charge is -2.22. The SMILES string of the molecule is CSCC(C)(O)CNC(=O)c1ccc(N)c(Br)c1. The Morgan fingerprint density at radius 2 is 2.28 bits per heavy atom. The Balaban J connectivity index is 2.63. The lowest BCUT2D eigenvalue weighted by molar-refractivity contribution is 0.0725. The number of nitrogens with one attached hydrogen (secondary N) is 1. The molecule has 0 radical (unpaired) electrons.